The molecule has 3 rings (SSSR count). The van der Waals surface area contributed by atoms with Gasteiger partial charge in [0.05, 0.1) is 10.0 Å². The summed E-state index contributed by atoms with van der Waals surface area (Å²) in [5.41, 5.74) is 1.95. The van der Waals surface area contributed by atoms with Gasteiger partial charge >= 0.3 is 0 Å². The van der Waals surface area contributed by atoms with Crippen LogP contribution in [0.25, 0.3) is 0 Å². The maximum atomic E-state index is 8.30. The molecule has 2 aromatic carbocycles. The van der Waals surface area contributed by atoms with Gasteiger partial charge in [-0.05, 0) is 23.8 Å². The zero-order valence-corrected chi connectivity index (χ0v) is 13.7. The van der Waals surface area contributed by atoms with Crippen LogP contribution in [0.1, 0.15) is 22.2 Å². The van der Waals surface area contributed by atoms with Crippen LogP contribution in [0.3, 0.4) is 0 Å². The molecular formula is C15H10Cl4N2. The lowest BCUT2D eigenvalue weighted by Crippen LogP contribution is -2.26. The zero-order valence-electron chi connectivity index (χ0n) is 10.7. The van der Waals surface area contributed by atoms with E-state index in [1.165, 1.54) is 0 Å². The molecule has 1 heterocycles. The number of nitrogens with zero attached hydrogens (tertiary/aromatic N) is 1. The highest BCUT2D eigenvalue weighted by Crippen LogP contribution is 2.38. The second-order valence-electron chi connectivity index (χ2n) is 4.76. The fourth-order valence-corrected chi connectivity index (χ4v) is 3.39. The molecule has 0 aromatic heterocycles. The molecule has 1 atom stereocenters. The molecule has 1 N–H and O–H groups in total. The van der Waals surface area contributed by atoms with Crippen molar-refractivity contribution in [1.82, 2.24) is 4.90 Å². The van der Waals surface area contributed by atoms with E-state index in [9.17, 15) is 0 Å². The van der Waals surface area contributed by atoms with Gasteiger partial charge in [0.1, 0.15) is 11.3 Å². The Kier molecular flexibility index (Phi) is 4.06. The summed E-state index contributed by atoms with van der Waals surface area (Å²) in [6.07, 6.45) is 0. The number of hydrogen-bond donors (Lipinski definition) is 1. The van der Waals surface area contributed by atoms with Crippen molar-refractivity contribution < 1.29 is 0 Å². The van der Waals surface area contributed by atoms with Crippen molar-refractivity contribution >= 4 is 52.2 Å². The first-order valence-corrected chi connectivity index (χ1v) is 7.78. The summed E-state index contributed by atoms with van der Waals surface area (Å²) in [7, 11) is 0. The minimum absolute atomic E-state index is 0.323. The predicted molar refractivity (Wildman–Crippen MR) is 88.9 cm³/mol. The highest BCUT2D eigenvalue weighted by atomic mass is 35.5. The number of amidine groups is 1. The third-order valence-corrected chi connectivity index (χ3v) is 5.00. The molecule has 0 aliphatic carbocycles. The van der Waals surface area contributed by atoms with Crippen molar-refractivity contribution in [3.63, 3.8) is 0 Å². The van der Waals surface area contributed by atoms with E-state index in [1.54, 1.807) is 23.1 Å². The van der Waals surface area contributed by atoms with Crippen LogP contribution in [0.4, 0.5) is 0 Å². The second kappa shape index (κ2) is 5.69. The summed E-state index contributed by atoms with van der Waals surface area (Å²) >= 11 is 24.8. The third kappa shape index (κ3) is 2.62. The smallest absolute Gasteiger partial charge is 0.132 e. The molecule has 0 saturated carbocycles. The van der Waals surface area contributed by atoms with Crippen LogP contribution in [0.15, 0.2) is 36.4 Å². The Labute approximate surface area is 142 Å². The molecule has 0 spiro atoms. The SMILES string of the molecule is N=C1c2cc(Cl)c(Cl)cc2CN1C(Cl)c1ccccc1Cl. The minimum atomic E-state index is -0.517. The average Bonchev–Trinajstić information content (AvgIpc) is 2.76. The van der Waals surface area contributed by atoms with Gasteiger partial charge in [0.15, 0.2) is 0 Å². The Bertz CT molecular complexity index is 730. The van der Waals surface area contributed by atoms with Crippen molar-refractivity contribution in [3.8, 4) is 0 Å². The third-order valence-electron chi connectivity index (χ3n) is 3.46. The van der Waals surface area contributed by atoms with Gasteiger partial charge in [0.2, 0.25) is 0 Å². The number of alkyl halides is 1. The van der Waals surface area contributed by atoms with Gasteiger partial charge in [0, 0.05) is 22.7 Å². The first kappa shape index (κ1) is 15.0. The fourth-order valence-electron chi connectivity index (χ4n) is 2.39. The van der Waals surface area contributed by atoms with E-state index in [-0.39, 0.29) is 0 Å². The Morgan fingerprint density at radius 3 is 2.38 bits per heavy atom. The average molecular weight is 360 g/mol. The van der Waals surface area contributed by atoms with E-state index in [2.05, 4.69) is 0 Å². The fraction of sp³-hybridized carbons (Fsp3) is 0.133. The number of rotatable bonds is 2. The molecule has 0 bridgehead atoms. The van der Waals surface area contributed by atoms with Gasteiger partial charge in [-0.25, -0.2) is 0 Å². The number of benzene rings is 2. The van der Waals surface area contributed by atoms with Crippen molar-refractivity contribution in [2.24, 2.45) is 0 Å². The van der Waals surface area contributed by atoms with Crippen molar-refractivity contribution in [3.05, 3.63) is 68.2 Å². The van der Waals surface area contributed by atoms with E-state index in [1.807, 2.05) is 18.2 Å². The van der Waals surface area contributed by atoms with Crippen molar-refractivity contribution in [1.29, 1.82) is 5.41 Å². The molecule has 0 radical (unpaired) electrons. The Morgan fingerprint density at radius 1 is 1.00 bits per heavy atom. The first-order valence-electron chi connectivity index (χ1n) is 6.21. The summed E-state index contributed by atoms with van der Waals surface area (Å²) in [4.78, 5) is 1.76. The number of fused-ring (bicyclic) bond motifs is 1. The highest BCUT2D eigenvalue weighted by Gasteiger charge is 2.31. The molecular weight excluding hydrogens is 350 g/mol. The van der Waals surface area contributed by atoms with Crippen LogP contribution < -0.4 is 0 Å². The Hall–Kier alpha value is -0.930. The lowest BCUT2D eigenvalue weighted by atomic mass is 10.1. The highest BCUT2D eigenvalue weighted by molar-refractivity contribution is 6.42. The molecule has 6 heteroatoms. The van der Waals surface area contributed by atoms with Crippen LogP contribution in [0.2, 0.25) is 15.1 Å². The van der Waals surface area contributed by atoms with Gasteiger partial charge in [-0.15, -0.1) is 0 Å². The van der Waals surface area contributed by atoms with Gasteiger partial charge in [-0.3, -0.25) is 5.41 Å². The number of halogens is 4. The van der Waals surface area contributed by atoms with E-state index in [0.717, 1.165) is 16.7 Å². The molecule has 1 aliphatic rings. The van der Waals surface area contributed by atoms with Gasteiger partial charge < -0.3 is 4.90 Å². The summed E-state index contributed by atoms with van der Waals surface area (Å²) in [6.45, 7) is 0.504. The van der Waals surface area contributed by atoms with Gasteiger partial charge in [0.25, 0.3) is 0 Å². The van der Waals surface area contributed by atoms with Gasteiger partial charge in [-0.2, -0.15) is 0 Å². The van der Waals surface area contributed by atoms with Crippen LogP contribution in [0.5, 0.6) is 0 Å². The van der Waals surface area contributed by atoms with Crippen LogP contribution in [0, 0.1) is 5.41 Å². The van der Waals surface area contributed by atoms with E-state index in [0.29, 0.717) is 27.4 Å². The summed E-state index contributed by atoms with van der Waals surface area (Å²) < 4.78 is 0. The number of hydrogen-bond acceptors (Lipinski definition) is 1. The molecule has 1 aliphatic heterocycles. The minimum Gasteiger partial charge on any atom is -0.332 e. The summed E-state index contributed by atoms with van der Waals surface area (Å²) in [6, 6.07) is 10.8. The second-order valence-corrected chi connectivity index (χ2v) is 6.39. The maximum Gasteiger partial charge on any atom is 0.132 e. The largest absolute Gasteiger partial charge is 0.332 e. The normalized spacial score (nSPS) is 15.2. The van der Waals surface area contributed by atoms with E-state index < -0.39 is 5.50 Å². The molecule has 2 nitrogen and oxygen atoms in total. The molecule has 108 valence electrons. The first-order chi connectivity index (χ1) is 9.99. The summed E-state index contributed by atoms with van der Waals surface area (Å²) in [5.74, 6) is 0.323. The van der Waals surface area contributed by atoms with Crippen LogP contribution >= 0.6 is 46.4 Å². The topological polar surface area (TPSA) is 27.1 Å². The molecule has 1 unspecified atom stereocenters. The van der Waals surface area contributed by atoms with Gasteiger partial charge in [-0.1, -0.05) is 64.6 Å². The quantitative estimate of drug-likeness (QED) is 0.538. The van der Waals surface area contributed by atoms with E-state index in [4.69, 9.17) is 51.8 Å². The van der Waals surface area contributed by atoms with E-state index >= 15 is 0 Å². The van der Waals surface area contributed by atoms with Crippen LogP contribution in [-0.4, -0.2) is 10.7 Å². The van der Waals surface area contributed by atoms with Crippen molar-refractivity contribution in [2.75, 3.05) is 0 Å². The monoisotopic (exact) mass is 358 g/mol. The Balaban J connectivity index is 1.96. The van der Waals surface area contributed by atoms with Crippen molar-refractivity contribution in [2.45, 2.75) is 12.0 Å². The van der Waals surface area contributed by atoms with Crippen LogP contribution in [-0.2, 0) is 6.54 Å². The maximum absolute atomic E-state index is 8.30. The Morgan fingerprint density at radius 2 is 1.67 bits per heavy atom. The lowest BCUT2D eigenvalue weighted by Gasteiger charge is -2.25. The molecule has 0 amide bonds. The standard InChI is InChI=1S/C15H10Cl4N2/c16-11-4-2-1-3-9(11)14(19)21-7-8-5-12(17)13(18)6-10(8)15(21)20/h1-6,14,20H,7H2. The molecule has 2 aromatic rings. The predicted octanol–water partition coefficient (Wildman–Crippen LogP) is 5.73. The molecule has 0 saturated heterocycles. The summed E-state index contributed by atoms with van der Waals surface area (Å²) in [5, 5.41) is 9.80. The lowest BCUT2D eigenvalue weighted by molar-refractivity contribution is 0.405. The molecule has 0 fully saturated rings. The molecule has 21 heavy (non-hydrogen) atoms. The number of nitrogens with one attached hydrogen (secondary N) is 1. The zero-order chi connectivity index (χ0) is 15.1.